The van der Waals surface area contributed by atoms with Gasteiger partial charge in [-0.25, -0.2) is 0 Å². The van der Waals surface area contributed by atoms with Crippen molar-refractivity contribution in [2.75, 3.05) is 6.61 Å². The maximum atomic E-state index is 9.91. The highest BCUT2D eigenvalue weighted by molar-refractivity contribution is 5.07. The number of nitrogens with zero attached hydrogens (tertiary/aromatic N) is 2. The van der Waals surface area contributed by atoms with Crippen molar-refractivity contribution in [2.45, 2.75) is 71.5 Å². The highest BCUT2D eigenvalue weighted by Gasteiger charge is 2.42. The molecule has 0 saturated heterocycles. The Morgan fingerprint density at radius 2 is 2.25 bits per heavy atom. The predicted octanol–water partition coefficient (Wildman–Crippen LogP) is 2.42. The molecular formula is C16H29N3O. The van der Waals surface area contributed by atoms with Crippen molar-refractivity contribution in [1.82, 2.24) is 15.1 Å². The zero-order valence-corrected chi connectivity index (χ0v) is 13.3. The van der Waals surface area contributed by atoms with Gasteiger partial charge in [0.05, 0.1) is 12.3 Å². The minimum absolute atomic E-state index is 0.0791. The molecule has 1 heterocycles. The van der Waals surface area contributed by atoms with Gasteiger partial charge in [-0.2, -0.15) is 5.10 Å². The number of aliphatic hydroxyl groups excluding tert-OH is 1. The van der Waals surface area contributed by atoms with Gasteiger partial charge in [0.25, 0.3) is 0 Å². The second kappa shape index (κ2) is 6.27. The minimum atomic E-state index is -0.0791. The Labute approximate surface area is 122 Å². The number of aryl methyl sites for hydroxylation is 3. The molecule has 20 heavy (non-hydrogen) atoms. The zero-order valence-electron chi connectivity index (χ0n) is 13.3. The molecule has 2 atom stereocenters. The van der Waals surface area contributed by atoms with E-state index in [1.165, 1.54) is 18.5 Å². The van der Waals surface area contributed by atoms with E-state index in [2.05, 4.69) is 41.9 Å². The monoisotopic (exact) mass is 279 g/mol. The first kappa shape index (κ1) is 15.5. The van der Waals surface area contributed by atoms with Crippen LogP contribution in [0.2, 0.25) is 0 Å². The van der Waals surface area contributed by atoms with Gasteiger partial charge in [0.1, 0.15) is 0 Å². The average molecular weight is 279 g/mol. The number of rotatable bonds is 6. The third-order valence-electron chi connectivity index (χ3n) is 4.61. The maximum absolute atomic E-state index is 9.91. The van der Waals surface area contributed by atoms with E-state index in [1.807, 2.05) is 6.92 Å². The largest absolute Gasteiger partial charge is 0.394 e. The summed E-state index contributed by atoms with van der Waals surface area (Å²) in [6.45, 7) is 9.66. The summed E-state index contributed by atoms with van der Waals surface area (Å²) in [5.41, 5.74) is 2.24. The van der Waals surface area contributed by atoms with E-state index >= 15 is 0 Å². The molecule has 0 aromatic carbocycles. The fourth-order valence-corrected chi connectivity index (χ4v) is 3.76. The quantitative estimate of drug-likeness (QED) is 0.841. The van der Waals surface area contributed by atoms with Gasteiger partial charge < -0.3 is 10.4 Å². The SMILES string of the molecule is Cc1cc(C)n(CCC2CCCC2(CO)NC(C)C)n1. The van der Waals surface area contributed by atoms with Crippen LogP contribution >= 0.6 is 0 Å². The summed E-state index contributed by atoms with van der Waals surface area (Å²) in [6, 6.07) is 2.54. The van der Waals surface area contributed by atoms with Gasteiger partial charge in [0, 0.05) is 23.8 Å². The molecule has 1 saturated carbocycles. The Kier molecular flexibility index (Phi) is 4.86. The fourth-order valence-electron chi connectivity index (χ4n) is 3.76. The summed E-state index contributed by atoms with van der Waals surface area (Å²) in [5.74, 6) is 0.541. The third kappa shape index (κ3) is 3.23. The van der Waals surface area contributed by atoms with Crippen molar-refractivity contribution < 1.29 is 5.11 Å². The molecule has 114 valence electrons. The lowest BCUT2D eigenvalue weighted by Crippen LogP contribution is -2.54. The number of aliphatic hydroxyl groups is 1. The first-order chi connectivity index (χ1) is 9.47. The van der Waals surface area contributed by atoms with Crippen molar-refractivity contribution in [3.8, 4) is 0 Å². The van der Waals surface area contributed by atoms with Gasteiger partial charge in [0.2, 0.25) is 0 Å². The second-order valence-corrected chi connectivity index (χ2v) is 6.64. The van der Waals surface area contributed by atoms with Crippen LogP contribution in [0.25, 0.3) is 0 Å². The van der Waals surface area contributed by atoms with Crippen LogP contribution in [0.1, 0.15) is 50.9 Å². The van der Waals surface area contributed by atoms with Crippen LogP contribution in [0.15, 0.2) is 6.07 Å². The number of nitrogens with one attached hydrogen (secondary N) is 1. The topological polar surface area (TPSA) is 50.1 Å². The fraction of sp³-hybridized carbons (Fsp3) is 0.812. The molecule has 0 spiro atoms. The Morgan fingerprint density at radius 3 is 2.80 bits per heavy atom. The van der Waals surface area contributed by atoms with Crippen molar-refractivity contribution in [3.05, 3.63) is 17.5 Å². The molecule has 0 bridgehead atoms. The first-order valence-corrected chi connectivity index (χ1v) is 7.86. The van der Waals surface area contributed by atoms with E-state index in [1.54, 1.807) is 0 Å². The third-order valence-corrected chi connectivity index (χ3v) is 4.61. The van der Waals surface area contributed by atoms with E-state index in [4.69, 9.17) is 0 Å². The average Bonchev–Trinajstić information content (AvgIpc) is 2.90. The molecule has 1 aliphatic carbocycles. The van der Waals surface area contributed by atoms with Gasteiger partial charge in [-0.3, -0.25) is 4.68 Å². The lowest BCUT2D eigenvalue weighted by molar-refractivity contribution is 0.108. The molecule has 4 heteroatoms. The Morgan fingerprint density at radius 1 is 1.50 bits per heavy atom. The molecule has 1 fully saturated rings. The number of hydrogen-bond acceptors (Lipinski definition) is 3. The molecule has 1 aromatic heterocycles. The van der Waals surface area contributed by atoms with Crippen LogP contribution in [0.4, 0.5) is 0 Å². The molecule has 4 nitrogen and oxygen atoms in total. The Bertz CT molecular complexity index is 441. The summed E-state index contributed by atoms with van der Waals surface area (Å²) in [4.78, 5) is 0. The van der Waals surface area contributed by atoms with Gasteiger partial charge >= 0.3 is 0 Å². The molecule has 1 aliphatic rings. The number of hydrogen-bond donors (Lipinski definition) is 2. The molecule has 0 aliphatic heterocycles. The highest BCUT2D eigenvalue weighted by Crippen LogP contribution is 2.38. The minimum Gasteiger partial charge on any atom is -0.394 e. The van der Waals surface area contributed by atoms with Crippen LogP contribution in [0.3, 0.4) is 0 Å². The van der Waals surface area contributed by atoms with E-state index in [9.17, 15) is 5.11 Å². The first-order valence-electron chi connectivity index (χ1n) is 7.86. The van der Waals surface area contributed by atoms with Crippen molar-refractivity contribution in [2.24, 2.45) is 5.92 Å². The van der Waals surface area contributed by atoms with E-state index in [0.29, 0.717) is 12.0 Å². The van der Waals surface area contributed by atoms with Gasteiger partial charge in [-0.1, -0.05) is 20.3 Å². The van der Waals surface area contributed by atoms with Crippen molar-refractivity contribution >= 4 is 0 Å². The van der Waals surface area contributed by atoms with Crippen LogP contribution < -0.4 is 5.32 Å². The lowest BCUT2D eigenvalue weighted by Gasteiger charge is -2.37. The van der Waals surface area contributed by atoms with E-state index in [-0.39, 0.29) is 12.1 Å². The van der Waals surface area contributed by atoms with Gasteiger partial charge in [0.15, 0.2) is 0 Å². The van der Waals surface area contributed by atoms with Crippen molar-refractivity contribution in [1.29, 1.82) is 0 Å². The summed E-state index contributed by atoms with van der Waals surface area (Å²) in [5, 5.41) is 18.1. The predicted molar refractivity (Wildman–Crippen MR) is 81.7 cm³/mol. The summed E-state index contributed by atoms with van der Waals surface area (Å²) in [6.07, 6.45) is 4.59. The summed E-state index contributed by atoms with van der Waals surface area (Å²) >= 11 is 0. The molecule has 2 unspecified atom stereocenters. The Balaban J connectivity index is 2.02. The molecular weight excluding hydrogens is 250 g/mol. The molecule has 2 rings (SSSR count). The lowest BCUT2D eigenvalue weighted by atomic mass is 9.84. The standard InChI is InChI=1S/C16H29N3O/c1-12(2)17-16(11-20)8-5-6-15(16)7-9-19-14(4)10-13(3)18-19/h10,12,15,17,20H,5-9,11H2,1-4H3. The van der Waals surface area contributed by atoms with Crippen LogP contribution in [0.5, 0.6) is 0 Å². The number of aromatic nitrogens is 2. The smallest absolute Gasteiger partial charge is 0.0616 e. The van der Waals surface area contributed by atoms with Gasteiger partial charge in [-0.05, 0) is 45.1 Å². The maximum Gasteiger partial charge on any atom is 0.0616 e. The second-order valence-electron chi connectivity index (χ2n) is 6.64. The van der Waals surface area contributed by atoms with Crippen LogP contribution in [-0.2, 0) is 6.54 Å². The van der Waals surface area contributed by atoms with Gasteiger partial charge in [-0.15, -0.1) is 0 Å². The zero-order chi connectivity index (χ0) is 14.8. The Hall–Kier alpha value is -0.870. The molecule has 2 N–H and O–H groups in total. The van der Waals surface area contributed by atoms with E-state index in [0.717, 1.165) is 25.1 Å². The molecule has 0 amide bonds. The summed E-state index contributed by atoms with van der Waals surface area (Å²) in [7, 11) is 0. The van der Waals surface area contributed by atoms with Crippen LogP contribution in [0, 0.1) is 19.8 Å². The molecule has 1 aromatic rings. The summed E-state index contributed by atoms with van der Waals surface area (Å²) < 4.78 is 2.10. The highest BCUT2D eigenvalue weighted by atomic mass is 16.3. The van der Waals surface area contributed by atoms with E-state index < -0.39 is 0 Å². The molecule has 0 radical (unpaired) electrons. The van der Waals surface area contributed by atoms with Crippen LogP contribution in [-0.4, -0.2) is 33.1 Å². The van der Waals surface area contributed by atoms with Crippen molar-refractivity contribution in [3.63, 3.8) is 0 Å². The normalized spacial score (nSPS) is 26.6.